The minimum atomic E-state index is -0.422. The molecule has 0 spiro atoms. The summed E-state index contributed by atoms with van der Waals surface area (Å²) in [7, 11) is 0. The molecule has 0 saturated heterocycles. The lowest BCUT2D eigenvalue weighted by Gasteiger charge is -2.34. The molecule has 1 heterocycles. The van der Waals surface area contributed by atoms with E-state index in [0.717, 1.165) is 62.4 Å². The van der Waals surface area contributed by atoms with Crippen LogP contribution in [0.4, 0.5) is 0 Å². The number of benzene rings is 1. The molecule has 212 valence electrons. The van der Waals surface area contributed by atoms with Crippen LogP contribution in [-0.4, -0.2) is 53.9 Å². The summed E-state index contributed by atoms with van der Waals surface area (Å²) in [4.78, 5) is 27.9. The molecule has 1 aromatic heterocycles. The molecule has 0 fully saturated rings. The average molecular weight is 526 g/mol. The van der Waals surface area contributed by atoms with Crippen molar-refractivity contribution in [2.45, 2.75) is 93.5 Å². The van der Waals surface area contributed by atoms with Crippen molar-refractivity contribution in [1.82, 2.24) is 14.8 Å². The van der Waals surface area contributed by atoms with E-state index in [4.69, 9.17) is 4.74 Å². The molecule has 0 aliphatic heterocycles. The first-order valence-electron chi connectivity index (χ1n) is 14.5. The number of Topliss-reactive ketones (excluding diaryl/α,β-unsaturated/α-hetero) is 1. The van der Waals surface area contributed by atoms with Crippen LogP contribution in [-0.2, 0) is 16.8 Å². The quantitative estimate of drug-likeness (QED) is 0.274. The van der Waals surface area contributed by atoms with Gasteiger partial charge in [-0.1, -0.05) is 60.6 Å². The number of carbonyl (C=O) groups excluding carboxylic acids is 2. The van der Waals surface area contributed by atoms with Crippen LogP contribution >= 0.6 is 0 Å². The summed E-state index contributed by atoms with van der Waals surface area (Å²) in [6.45, 7) is 23.2. The lowest BCUT2D eigenvalue weighted by molar-refractivity contribution is -0.128. The summed E-state index contributed by atoms with van der Waals surface area (Å²) in [6, 6.07) is 10.4. The Morgan fingerprint density at radius 3 is 2.16 bits per heavy atom. The van der Waals surface area contributed by atoms with Gasteiger partial charge in [-0.3, -0.25) is 9.59 Å². The number of aryl methyl sites for hydroxylation is 1. The van der Waals surface area contributed by atoms with Crippen LogP contribution in [0.5, 0.6) is 5.75 Å². The molecule has 38 heavy (non-hydrogen) atoms. The molecule has 0 radical (unpaired) electrons. The second kappa shape index (κ2) is 14.0. The van der Waals surface area contributed by atoms with Gasteiger partial charge in [0.05, 0.1) is 0 Å². The minimum absolute atomic E-state index is 0.0119. The zero-order valence-electron chi connectivity index (χ0n) is 25.4. The van der Waals surface area contributed by atoms with E-state index in [1.165, 1.54) is 5.56 Å². The molecule has 0 bridgehead atoms. The standard InChI is InChI=1S/C32H51N3O3/c1-10-32(11-2,25-16-18-27(24(6)22-25)38-23-29(36)31(7,8)9)28-19-17-26(35(28)14-5)30(37)33-20-15-21-34(12-3)13-4/h16-19,22H,10-15,20-21,23H2,1-9H3,(H,33,37). The third-order valence-corrected chi connectivity index (χ3v) is 7.98. The van der Waals surface area contributed by atoms with Gasteiger partial charge in [-0.15, -0.1) is 0 Å². The summed E-state index contributed by atoms with van der Waals surface area (Å²) in [5.41, 5.74) is 3.43. The first-order chi connectivity index (χ1) is 18.0. The van der Waals surface area contributed by atoms with Crippen LogP contribution in [0.25, 0.3) is 0 Å². The molecule has 0 unspecified atom stereocenters. The largest absolute Gasteiger partial charge is 0.486 e. The number of ketones is 1. The maximum Gasteiger partial charge on any atom is 0.267 e. The monoisotopic (exact) mass is 525 g/mol. The number of ether oxygens (including phenoxy) is 1. The van der Waals surface area contributed by atoms with Crippen LogP contribution < -0.4 is 10.1 Å². The molecule has 6 heteroatoms. The van der Waals surface area contributed by atoms with E-state index in [-0.39, 0.29) is 23.7 Å². The van der Waals surface area contributed by atoms with Gasteiger partial charge in [0.25, 0.3) is 5.91 Å². The van der Waals surface area contributed by atoms with Gasteiger partial charge in [-0.2, -0.15) is 0 Å². The number of hydrogen-bond acceptors (Lipinski definition) is 4. The van der Waals surface area contributed by atoms with Gasteiger partial charge in [0.1, 0.15) is 18.1 Å². The second-order valence-electron chi connectivity index (χ2n) is 11.2. The van der Waals surface area contributed by atoms with Crippen molar-refractivity contribution in [1.29, 1.82) is 0 Å². The third-order valence-electron chi connectivity index (χ3n) is 7.98. The maximum absolute atomic E-state index is 13.2. The molecule has 1 amide bonds. The van der Waals surface area contributed by atoms with Gasteiger partial charge in [0, 0.05) is 29.6 Å². The van der Waals surface area contributed by atoms with E-state index < -0.39 is 5.41 Å². The predicted molar refractivity (Wildman–Crippen MR) is 157 cm³/mol. The Labute approximate surface area is 231 Å². The highest BCUT2D eigenvalue weighted by Gasteiger charge is 2.35. The van der Waals surface area contributed by atoms with Gasteiger partial charge in [-0.25, -0.2) is 0 Å². The molecule has 0 atom stereocenters. The van der Waals surface area contributed by atoms with Crippen molar-refractivity contribution < 1.29 is 14.3 Å². The molecule has 1 aromatic carbocycles. The molecule has 1 N–H and O–H groups in total. The van der Waals surface area contributed by atoms with Crippen molar-refractivity contribution in [2.24, 2.45) is 5.41 Å². The molecule has 0 aliphatic rings. The summed E-state index contributed by atoms with van der Waals surface area (Å²) in [5.74, 6) is 0.808. The maximum atomic E-state index is 13.2. The van der Waals surface area contributed by atoms with E-state index in [1.807, 2.05) is 39.8 Å². The lowest BCUT2D eigenvalue weighted by atomic mass is 9.72. The van der Waals surface area contributed by atoms with Gasteiger partial charge < -0.3 is 19.5 Å². The number of aromatic nitrogens is 1. The highest BCUT2D eigenvalue weighted by atomic mass is 16.5. The van der Waals surface area contributed by atoms with E-state index in [1.54, 1.807) is 0 Å². The van der Waals surface area contributed by atoms with Gasteiger partial charge in [0.15, 0.2) is 5.78 Å². The summed E-state index contributed by atoms with van der Waals surface area (Å²) < 4.78 is 8.09. The number of amides is 1. The summed E-state index contributed by atoms with van der Waals surface area (Å²) in [5, 5.41) is 3.14. The van der Waals surface area contributed by atoms with E-state index in [0.29, 0.717) is 12.2 Å². The van der Waals surface area contributed by atoms with Crippen LogP contribution in [0.2, 0.25) is 0 Å². The number of nitrogens with one attached hydrogen (secondary N) is 1. The number of rotatable bonds is 15. The Morgan fingerprint density at radius 1 is 0.974 bits per heavy atom. The fraction of sp³-hybridized carbons (Fsp3) is 0.625. The molecule has 2 rings (SSSR count). The smallest absolute Gasteiger partial charge is 0.267 e. The first kappa shape index (κ1) is 31.6. The zero-order valence-corrected chi connectivity index (χ0v) is 25.4. The fourth-order valence-corrected chi connectivity index (χ4v) is 5.20. The van der Waals surface area contributed by atoms with Gasteiger partial charge in [0.2, 0.25) is 0 Å². The number of hydrogen-bond donors (Lipinski definition) is 1. The zero-order chi connectivity index (χ0) is 28.5. The van der Waals surface area contributed by atoms with Crippen molar-refractivity contribution in [2.75, 3.05) is 32.8 Å². The molecule has 0 aliphatic carbocycles. The Balaban J connectivity index is 2.29. The topological polar surface area (TPSA) is 63.6 Å². The Hall–Kier alpha value is -2.60. The van der Waals surface area contributed by atoms with Crippen LogP contribution in [0, 0.1) is 12.3 Å². The van der Waals surface area contributed by atoms with E-state index in [9.17, 15) is 9.59 Å². The number of carbonyl (C=O) groups is 2. The number of nitrogens with zero attached hydrogens (tertiary/aromatic N) is 2. The fourth-order valence-electron chi connectivity index (χ4n) is 5.20. The van der Waals surface area contributed by atoms with Crippen molar-refractivity contribution in [3.05, 3.63) is 52.8 Å². The van der Waals surface area contributed by atoms with Crippen molar-refractivity contribution >= 4 is 11.7 Å². The van der Waals surface area contributed by atoms with Gasteiger partial charge in [-0.05, 0) is 82.1 Å². The highest BCUT2D eigenvalue weighted by molar-refractivity contribution is 5.93. The molecule has 2 aromatic rings. The Morgan fingerprint density at radius 2 is 1.63 bits per heavy atom. The Kier molecular flexibility index (Phi) is 11.6. The van der Waals surface area contributed by atoms with E-state index in [2.05, 4.69) is 67.6 Å². The van der Waals surface area contributed by atoms with Crippen LogP contribution in [0.15, 0.2) is 30.3 Å². The SMILES string of the molecule is CCN(CC)CCCNC(=O)c1ccc(C(CC)(CC)c2ccc(OCC(=O)C(C)(C)C)c(C)c2)n1CC. The second-order valence-corrected chi connectivity index (χ2v) is 11.2. The predicted octanol–water partition coefficient (Wildman–Crippen LogP) is 6.38. The summed E-state index contributed by atoms with van der Waals surface area (Å²) in [6.07, 6.45) is 2.75. The third kappa shape index (κ3) is 7.28. The lowest BCUT2D eigenvalue weighted by Crippen LogP contribution is -2.33. The van der Waals surface area contributed by atoms with Crippen LogP contribution in [0.3, 0.4) is 0 Å². The van der Waals surface area contributed by atoms with Gasteiger partial charge >= 0.3 is 0 Å². The Bertz CT molecular complexity index is 1060. The van der Waals surface area contributed by atoms with Crippen LogP contribution in [0.1, 0.15) is 102 Å². The first-order valence-corrected chi connectivity index (χ1v) is 14.5. The molecular weight excluding hydrogens is 474 g/mol. The van der Waals surface area contributed by atoms with E-state index >= 15 is 0 Å². The average Bonchev–Trinajstić information content (AvgIpc) is 3.33. The molecular formula is C32H51N3O3. The minimum Gasteiger partial charge on any atom is -0.486 e. The normalized spacial score (nSPS) is 12.2. The van der Waals surface area contributed by atoms with Crippen molar-refractivity contribution in [3.8, 4) is 5.75 Å². The molecule has 6 nitrogen and oxygen atoms in total. The van der Waals surface area contributed by atoms with Crippen molar-refractivity contribution in [3.63, 3.8) is 0 Å². The summed E-state index contributed by atoms with van der Waals surface area (Å²) >= 11 is 0. The molecule has 0 saturated carbocycles. The highest BCUT2D eigenvalue weighted by Crippen LogP contribution is 2.41.